The normalized spacial score (nSPS) is 12.3. The molecule has 8 heteroatoms. The molecule has 0 fully saturated rings. The Hall–Kier alpha value is -3.06. The standard InChI is InChI=1S/C21H22ClN3O4/c1-26-16-6-5-13(22)11-15(16)25-21-14(7-8-23-21)19(24-25)12-9-17(27-2)20(29-4)18(10-12)28-3/h5-6,9-11,23H,7-8H2,1-4H3. The number of ether oxygens (including phenoxy) is 4. The lowest BCUT2D eigenvalue weighted by Gasteiger charge is -2.14. The molecule has 1 aliphatic heterocycles. The second-order valence-corrected chi connectivity index (χ2v) is 6.93. The van der Waals surface area contributed by atoms with Crippen LogP contribution in [0.2, 0.25) is 5.02 Å². The molecule has 7 nitrogen and oxygen atoms in total. The van der Waals surface area contributed by atoms with Crippen LogP contribution in [-0.2, 0) is 6.42 Å². The van der Waals surface area contributed by atoms with Crippen LogP contribution in [0.25, 0.3) is 16.9 Å². The number of hydrogen-bond donors (Lipinski definition) is 1. The highest BCUT2D eigenvalue weighted by Crippen LogP contribution is 2.44. The molecule has 1 aliphatic rings. The number of methoxy groups -OCH3 is 4. The molecule has 1 N–H and O–H groups in total. The predicted molar refractivity (Wildman–Crippen MR) is 112 cm³/mol. The Kier molecular flexibility index (Phi) is 5.15. The van der Waals surface area contributed by atoms with Crippen LogP contribution in [0.15, 0.2) is 30.3 Å². The van der Waals surface area contributed by atoms with Crippen molar-refractivity contribution >= 4 is 17.4 Å². The summed E-state index contributed by atoms with van der Waals surface area (Å²) in [7, 11) is 6.41. The van der Waals surface area contributed by atoms with Crippen molar-refractivity contribution in [1.29, 1.82) is 0 Å². The minimum absolute atomic E-state index is 0.546. The third-order valence-electron chi connectivity index (χ3n) is 4.96. The van der Waals surface area contributed by atoms with Crippen LogP contribution in [0.3, 0.4) is 0 Å². The van der Waals surface area contributed by atoms with E-state index in [2.05, 4.69) is 5.32 Å². The zero-order chi connectivity index (χ0) is 20.5. The molecule has 0 saturated carbocycles. The number of halogens is 1. The monoisotopic (exact) mass is 415 g/mol. The number of fused-ring (bicyclic) bond motifs is 1. The molecule has 2 heterocycles. The SMILES string of the molecule is COc1ccc(Cl)cc1-n1nc(-c2cc(OC)c(OC)c(OC)c2)c2c1NCC2. The summed E-state index contributed by atoms with van der Waals surface area (Å²) in [5, 5.41) is 8.92. The van der Waals surface area contributed by atoms with E-state index in [4.69, 9.17) is 35.6 Å². The topological polar surface area (TPSA) is 66.8 Å². The van der Waals surface area contributed by atoms with Gasteiger partial charge in [0.1, 0.15) is 17.3 Å². The molecule has 0 saturated heterocycles. The summed E-state index contributed by atoms with van der Waals surface area (Å²) in [6, 6.07) is 9.28. The Morgan fingerprint density at radius 3 is 2.24 bits per heavy atom. The Morgan fingerprint density at radius 2 is 1.62 bits per heavy atom. The van der Waals surface area contributed by atoms with E-state index in [1.54, 1.807) is 34.5 Å². The number of hydrogen-bond acceptors (Lipinski definition) is 6. The van der Waals surface area contributed by atoms with Gasteiger partial charge in [-0.3, -0.25) is 0 Å². The smallest absolute Gasteiger partial charge is 0.203 e. The van der Waals surface area contributed by atoms with Crippen molar-refractivity contribution in [3.05, 3.63) is 40.9 Å². The van der Waals surface area contributed by atoms with Crippen molar-refractivity contribution in [3.63, 3.8) is 0 Å². The molecule has 0 aliphatic carbocycles. The van der Waals surface area contributed by atoms with Crippen LogP contribution in [0, 0.1) is 0 Å². The van der Waals surface area contributed by atoms with Gasteiger partial charge in [-0.05, 0) is 36.8 Å². The van der Waals surface area contributed by atoms with E-state index in [1.807, 2.05) is 28.9 Å². The quantitative estimate of drug-likeness (QED) is 0.651. The maximum absolute atomic E-state index is 6.25. The first kappa shape index (κ1) is 19.3. The molecular formula is C21H22ClN3O4. The zero-order valence-corrected chi connectivity index (χ0v) is 17.5. The van der Waals surface area contributed by atoms with E-state index in [-0.39, 0.29) is 0 Å². The fourth-order valence-corrected chi connectivity index (χ4v) is 3.79. The van der Waals surface area contributed by atoms with E-state index in [0.717, 1.165) is 41.3 Å². The van der Waals surface area contributed by atoms with Gasteiger partial charge in [-0.1, -0.05) is 11.6 Å². The average molecular weight is 416 g/mol. The summed E-state index contributed by atoms with van der Waals surface area (Å²) >= 11 is 6.25. The molecule has 2 aromatic carbocycles. The highest BCUT2D eigenvalue weighted by Gasteiger charge is 2.27. The molecule has 0 spiro atoms. The van der Waals surface area contributed by atoms with Gasteiger partial charge in [-0.15, -0.1) is 0 Å². The van der Waals surface area contributed by atoms with E-state index in [9.17, 15) is 0 Å². The Bertz CT molecular complexity index is 1040. The van der Waals surface area contributed by atoms with Crippen LogP contribution >= 0.6 is 11.6 Å². The van der Waals surface area contributed by atoms with Gasteiger partial charge in [-0.25, -0.2) is 4.68 Å². The maximum atomic E-state index is 6.25. The van der Waals surface area contributed by atoms with E-state index < -0.39 is 0 Å². The van der Waals surface area contributed by atoms with Gasteiger partial charge in [0.25, 0.3) is 0 Å². The number of benzene rings is 2. The number of aromatic nitrogens is 2. The zero-order valence-electron chi connectivity index (χ0n) is 16.7. The van der Waals surface area contributed by atoms with Crippen molar-refractivity contribution in [1.82, 2.24) is 9.78 Å². The molecule has 0 bridgehead atoms. The van der Waals surface area contributed by atoms with Crippen molar-refractivity contribution in [3.8, 4) is 39.9 Å². The highest BCUT2D eigenvalue weighted by molar-refractivity contribution is 6.30. The summed E-state index contributed by atoms with van der Waals surface area (Å²) < 4.78 is 23.8. The number of nitrogens with zero attached hydrogens (tertiary/aromatic N) is 2. The Balaban J connectivity index is 1.92. The predicted octanol–water partition coefficient (Wildman–Crippen LogP) is 4.20. The number of anilines is 1. The summed E-state index contributed by atoms with van der Waals surface area (Å²) in [5.74, 6) is 3.32. The molecule has 4 rings (SSSR count). The molecule has 0 atom stereocenters. The van der Waals surface area contributed by atoms with Crippen molar-refractivity contribution in [2.24, 2.45) is 0 Å². The molecule has 0 unspecified atom stereocenters. The highest BCUT2D eigenvalue weighted by atomic mass is 35.5. The lowest BCUT2D eigenvalue weighted by molar-refractivity contribution is 0.324. The Labute approximate surface area is 174 Å². The number of rotatable bonds is 6. The minimum Gasteiger partial charge on any atom is -0.494 e. The molecule has 1 aromatic heterocycles. The summed E-state index contributed by atoms with van der Waals surface area (Å²) in [6.45, 7) is 0.827. The van der Waals surface area contributed by atoms with Crippen LogP contribution in [0.5, 0.6) is 23.0 Å². The van der Waals surface area contributed by atoms with Gasteiger partial charge in [-0.2, -0.15) is 5.10 Å². The minimum atomic E-state index is 0.546. The van der Waals surface area contributed by atoms with Gasteiger partial charge in [0.05, 0.1) is 34.1 Å². The first-order chi connectivity index (χ1) is 14.1. The molecule has 3 aromatic rings. The van der Waals surface area contributed by atoms with Crippen LogP contribution in [-0.4, -0.2) is 44.8 Å². The second-order valence-electron chi connectivity index (χ2n) is 6.49. The van der Waals surface area contributed by atoms with Crippen LogP contribution in [0.4, 0.5) is 5.82 Å². The van der Waals surface area contributed by atoms with Crippen molar-refractivity contribution < 1.29 is 18.9 Å². The Morgan fingerprint density at radius 1 is 0.931 bits per heavy atom. The fraction of sp³-hybridized carbons (Fsp3) is 0.286. The second kappa shape index (κ2) is 7.75. The van der Waals surface area contributed by atoms with Gasteiger partial charge in [0.2, 0.25) is 5.75 Å². The molecule has 0 radical (unpaired) electrons. The lowest BCUT2D eigenvalue weighted by Crippen LogP contribution is -2.06. The largest absolute Gasteiger partial charge is 0.494 e. The average Bonchev–Trinajstić information content (AvgIpc) is 3.35. The first-order valence-corrected chi connectivity index (χ1v) is 9.49. The van der Waals surface area contributed by atoms with Gasteiger partial charge in [0.15, 0.2) is 11.5 Å². The maximum Gasteiger partial charge on any atom is 0.203 e. The van der Waals surface area contributed by atoms with Crippen molar-refractivity contribution in [2.75, 3.05) is 40.3 Å². The van der Waals surface area contributed by atoms with E-state index in [0.29, 0.717) is 28.0 Å². The van der Waals surface area contributed by atoms with Gasteiger partial charge in [0, 0.05) is 22.7 Å². The molecular weight excluding hydrogens is 394 g/mol. The first-order valence-electron chi connectivity index (χ1n) is 9.11. The van der Waals surface area contributed by atoms with Crippen LogP contribution in [0.1, 0.15) is 5.56 Å². The van der Waals surface area contributed by atoms with Gasteiger partial charge >= 0.3 is 0 Å². The summed E-state index contributed by atoms with van der Waals surface area (Å²) in [5.41, 5.74) is 3.59. The third kappa shape index (κ3) is 3.21. The number of nitrogens with one attached hydrogen (secondary N) is 1. The molecule has 152 valence electrons. The van der Waals surface area contributed by atoms with Gasteiger partial charge < -0.3 is 24.3 Å². The molecule has 29 heavy (non-hydrogen) atoms. The summed E-state index contributed by atoms with van der Waals surface area (Å²) in [6.07, 6.45) is 0.851. The third-order valence-corrected chi connectivity index (χ3v) is 5.19. The lowest BCUT2D eigenvalue weighted by atomic mass is 10.1. The fourth-order valence-electron chi connectivity index (χ4n) is 3.63. The van der Waals surface area contributed by atoms with Crippen LogP contribution < -0.4 is 24.3 Å². The molecule has 0 amide bonds. The van der Waals surface area contributed by atoms with Crippen molar-refractivity contribution in [2.45, 2.75) is 6.42 Å². The summed E-state index contributed by atoms with van der Waals surface area (Å²) in [4.78, 5) is 0. The van der Waals surface area contributed by atoms with E-state index in [1.165, 1.54) is 0 Å². The van der Waals surface area contributed by atoms with E-state index >= 15 is 0 Å².